The Balaban J connectivity index is 2.63. The zero-order valence-corrected chi connectivity index (χ0v) is 10.9. The summed E-state index contributed by atoms with van der Waals surface area (Å²) < 4.78 is 2.05. The van der Waals surface area contributed by atoms with Crippen LogP contribution in [-0.2, 0) is 7.05 Å². The van der Waals surface area contributed by atoms with Gasteiger partial charge >= 0.3 is 0 Å². The molecule has 0 saturated heterocycles. The van der Waals surface area contributed by atoms with Gasteiger partial charge in [0.05, 0.1) is 5.69 Å². The van der Waals surface area contributed by atoms with Crippen molar-refractivity contribution < 1.29 is 0 Å². The molecule has 0 atom stereocenters. The molecule has 2 nitrogen and oxygen atoms in total. The molecule has 2 rings (SSSR count). The lowest BCUT2D eigenvalue weighted by Crippen LogP contribution is -2.08. The van der Waals surface area contributed by atoms with Crippen LogP contribution in [0.5, 0.6) is 0 Å². The molecule has 1 aromatic carbocycles. The smallest absolute Gasteiger partial charge is 0.189 e. The molecule has 84 valence electrons. The van der Waals surface area contributed by atoms with E-state index in [4.69, 9.17) is 4.99 Å². The quantitative estimate of drug-likeness (QED) is 0.718. The molecule has 0 aliphatic rings. The van der Waals surface area contributed by atoms with Crippen LogP contribution in [0.4, 0.5) is 5.69 Å². The van der Waals surface area contributed by atoms with E-state index in [0.29, 0.717) is 0 Å². The standard InChI is InChI=1S/C13H16N2S/c1-9-7-10(2)12(11(3)8-9)14-13-15(4)5-6-16-13/h5-8H,1-4H3. The number of aryl methyl sites for hydroxylation is 4. The van der Waals surface area contributed by atoms with Crippen molar-refractivity contribution in [2.75, 3.05) is 0 Å². The van der Waals surface area contributed by atoms with Crippen LogP contribution < -0.4 is 4.80 Å². The monoisotopic (exact) mass is 232 g/mol. The predicted octanol–water partition coefficient (Wildman–Crippen LogP) is 3.24. The summed E-state index contributed by atoms with van der Waals surface area (Å²) in [6.45, 7) is 6.35. The first kappa shape index (κ1) is 11.1. The molecule has 0 N–H and O–H groups in total. The average molecular weight is 232 g/mol. The zero-order chi connectivity index (χ0) is 11.7. The van der Waals surface area contributed by atoms with Crippen molar-refractivity contribution in [3.05, 3.63) is 45.2 Å². The third kappa shape index (κ3) is 2.09. The molecule has 0 saturated carbocycles. The Kier molecular flexibility index (Phi) is 2.97. The molecule has 1 heterocycles. The van der Waals surface area contributed by atoms with Gasteiger partial charge in [-0.25, -0.2) is 4.99 Å². The van der Waals surface area contributed by atoms with Gasteiger partial charge in [-0.05, 0) is 31.9 Å². The Morgan fingerprint density at radius 1 is 1.12 bits per heavy atom. The van der Waals surface area contributed by atoms with Gasteiger partial charge in [0, 0.05) is 18.6 Å². The lowest BCUT2D eigenvalue weighted by molar-refractivity contribution is 0.873. The minimum absolute atomic E-state index is 1.04. The molecule has 16 heavy (non-hydrogen) atoms. The van der Waals surface area contributed by atoms with E-state index in [1.54, 1.807) is 11.3 Å². The number of thiazole rings is 1. The van der Waals surface area contributed by atoms with E-state index in [2.05, 4.69) is 38.3 Å². The van der Waals surface area contributed by atoms with E-state index >= 15 is 0 Å². The van der Waals surface area contributed by atoms with Crippen molar-refractivity contribution in [1.29, 1.82) is 0 Å². The van der Waals surface area contributed by atoms with Gasteiger partial charge in [-0.2, -0.15) is 0 Å². The van der Waals surface area contributed by atoms with Gasteiger partial charge < -0.3 is 4.57 Å². The SMILES string of the molecule is Cc1cc(C)c(N=c2sccn2C)c(C)c1. The Morgan fingerprint density at radius 2 is 1.75 bits per heavy atom. The first-order valence-electron chi connectivity index (χ1n) is 5.30. The van der Waals surface area contributed by atoms with Crippen molar-refractivity contribution in [2.45, 2.75) is 20.8 Å². The molecule has 0 aliphatic carbocycles. The Bertz CT molecular complexity index is 553. The van der Waals surface area contributed by atoms with Gasteiger partial charge in [-0.3, -0.25) is 0 Å². The molecular weight excluding hydrogens is 216 g/mol. The largest absolute Gasteiger partial charge is 0.327 e. The molecule has 2 aromatic rings. The molecule has 0 aliphatic heterocycles. The second-order valence-electron chi connectivity index (χ2n) is 4.16. The van der Waals surface area contributed by atoms with Crippen molar-refractivity contribution in [2.24, 2.45) is 12.0 Å². The molecule has 0 spiro atoms. The summed E-state index contributed by atoms with van der Waals surface area (Å²) in [4.78, 5) is 5.76. The summed E-state index contributed by atoms with van der Waals surface area (Å²) in [6, 6.07) is 4.36. The third-order valence-corrected chi connectivity index (χ3v) is 3.45. The van der Waals surface area contributed by atoms with Gasteiger partial charge in [0.2, 0.25) is 0 Å². The number of hydrogen-bond donors (Lipinski definition) is 0. The summed E-state index contributed by atoms with van der Waals surface area (Å²) in [5.41, 5.74) is 4.88. The van der Waals surface area contributed by atoms with E-state index in [1.807, 2.05) is 17.8 Å². The maximum Gasteiger partial charge on any atom is 0.189 e. The highest BCUT2D eigenvalue weighted by molar-refractivity contribution is 7.07. The van der Waals surface area contributed by atoms with Crippen LogP contribution in [0.15, 0.2) is 28.7 Å². The molecule has 3 heteroatoms. The summed E-state index contributed by atoms with van der Waals surface area (Å²) >= 11 is 1.66. The van der Waals surface area contributed by atoms with E-state index < -0.39 is 0 Å². The van der Waals surface area contributed by atoms with Crippen molar-refractivity contribution >= 4 is 17.0 Å². The maximum absolute atomic E-state index is 4.72. The van der Waals surface area contributed by atoms with E-state index in [0.717, 1.165) is 10.5 Å². The van der Waals surface area contributed by atoms with E-state index in [9.17, 15) is 0 Å². The Hall–Kier alpha value is -1.35. The molecule has 0 unspecified atom stereocenters. The summed E-state index contributed by atoms with van der Waals surface area (Å²) in [7, 11) is 2.02. The summed E-state index contributed by atoms with van der Waals surface area (Å²) in [5.74, 6) is 0. The van der Waals surface area contributed by atoms with Gasteiger partial charge in [0.15, 0.2) is 4.80 Å². The highest BCUT2D eigenvalue weighted by Crippen LogP contribution is 2.24. The summed E-state index contributed by atoms with van der Waals surface area (Å²) in [6.07, 6.45) is 2.03. The van der Waals surface area contributed by atoms with Gasteiger partial charge in [0.1, 0.15) is 0 Å². The summed E-state index contributed by atoms with van der Waals surface area (Å²) in [5, 5.41) is 2.05. The average Bonchev–Trinajstić information content (AvgIpc) is 2.57. The first-order valence-corrected chi connectivity index (χ1v) is 6.18. The second-order valence-corrected chi connectivity index (χ2v) is 5.03. The second kappa shape index (κ2) is 4.26. The van der Waals surface area contributed by atoms with Crippen LogP contribution >= 0.6 is 11.3 Å². The number of nitrogens with zero attached hydrogens (tertiary/aromatic N) is 2. The minimum atomic E-state index is 1.04. The fraction of sp³-hybridized carbons (Fsp3) is 0.308. The van der Waals surface area contributed by atoms with Crippen LogP contribution in [0.3, 0.4) is 0 Å². The highest BCUT2D eigenvalue weighted by Gasteiger charge is 2.02. The normalized spacial score (nSPS) is 12.1. The van der Waals surface area contributed by atoms with Gasteiger partial charge in [-0.1, -0.05) is 17.7 Å². The third-order valence-electron chi connectivity index (χ3n) is 2.60. The Labute approximate surface area is 99.9 Å². The van der Waals surface area contributed by atoms with Crippen molar-refractivity contribution in [3.63, 3.8) is 0 Å². The molecule has 0 amide bonds. The molecule has 0 radical (unpaired) electrons. The maximum atomic E-state index is 4.72. The molecule has 1 aromatic heterocycles. The predicted molar refractivity (Wildman–Crippen MR) is 69.2 cm³/mol. The van der Waals surface area contributed by atoms with Crippen LogP contribution in [0.1, 0.15) is 16.7 Å². The number of rotatable bonds is 1. The molecular formula is C13H16N2S. The number of benzene rings is 1. The zero-order valence-electron chi connectivity index (χ0n) is 10.1. The molecule has 0 bridgehead atoms. The Morgan fingerprint density at radius 3 is 2.25 bits per heavy atom. The van der Waals surface area contributed by atoms with Crippen LogP contribution in [-0.4, -0.2) is 4.57 Å². The highest BCUT2D eigenvalue weighted by atomic mass is 32.1. The topological polar surface area (TPSA) is 17.3 Å². The van der Waals surface area contributed by atoms with Crippen molar-refractivity contribution in [3.8, 4) is 0 Å². The van der Waals surface area contributed by atoms with Gasteiger partial charge in [0.25, 0.3) is 0 Å². The number of hydrogen-bond acceptors (Lipinski definition) is 2. The molecule has 0 fully saturated rings. The first-order chi connectivity index (χ1) is 7.58. The van der Waals surface area contributed by atoms with Crippen LogP contribution in [0.25, 0.3) is 0 Å². The lowest BCUT2D eigenvalue weighted by Gasteiger charge is -2.05. The van der Waals surface area contributed by atoms with Crippen LogP contribution in [0.2, 0.25) is 0 Å². The number of aromatic nitrogens is 1. The van der Waals surface area contributed by atoms with Crippen LogP contribution in [0, 0.1) is 20.8 Å². The van der Waals surface area contributed by atoms with E-state index in [-0.39, 0.29) is 0 Å². The van der Waals surface area contributed by atoms with Crippen molar-refractivity contribution in [1.82, 2.24) is 4.57 Å². The lowest BCUT2D eigenvalue weighted by atomic mass is 10.1. The minimum Gasteiger partial charge on any atom is -0.327 e. The van der Waals surface area contributed by atoms with Gasteiger partial charge in [-0.15, -0.1) is 11.3 Å². The fourth-order valence-corrected chi connectivity index (χ4v) is 2.62. The fourth-order valence-electron chi connectivity index (χ4n) is 1.88. The van der Waals surface area contributed by atoms with E-state index in [1.165, 1.54) is 16.7 Å².